The molecule has 0 spiro atoms. The summed E-state index contributed by atoms with van der Waals surface area (Å²) in [5, 5.41) is 9.28. The van der Waals surface area contributed by atoms with Crippen molar-refractivity contribution in [2.45, 2.75) is 25.2 Å². The Balaban J connectivity index is 1.93. The molecular formula is C16H13Cl2N3O. The van der Waals surface area contributed by atoms with E-state index in [0.29, 0.717) is 32.7 Å². The van der Waals surface area contributed by atoms with Gasteiger partial charge in [-0.25, -0.2) is 0 Å². The first-order valence-corrected chi connectivity index (χ1v) is 7.95. The number of nitrogens with zero attached hydrogens (tertiary/aromatic N) is 1. The van der Waals surface area contributed by atoms with Crippen LogP contribution in [0.3, 0.4) is 0 Å². The highest BCUT2D eigenvalue weighted by Crippen LogP contribution is 2.38. The van der Waals surface area contributed by atoms with Crippen molar-refractivity contribution in [3.63, 3.8) is 0 Å². The van der Waals surface area contributed by atoms with Crippen LogP contribution >= 0.6 is 23.2 Å². The van der Waals surface area contributed by atoms with Crippen molar-refractivity contribution in [2.24, 2.45) is 0 Å². The molecule has 3 aromatic rings. The highest BCUT2D eigenvalue weighted by atomic mass is 35.5. The fourth-order valence-corrected chi connectivity index (χ4v) is 3.45. The minimum absolute atomic E-state index is 0.197. The standard InChI is InChI=1S/C16H13Cl2N3O/c17-10-4-9(5-11(18)6-10)12-7-13-14(8-2-1-3-8)20-21-15(13)19-16(12)22/h4-8H,1-3H2,(H2,19,20,21,22). The third kappa shape index (κ3) is 2.23. The number of nitrogens with one attached hydrogen (secondary N) is 2. The molecule has 1 fully saturated rings. The lowest BCUT2D eigenvalue weighted by Gasteiger charge is -2.24. The summed E-state index contributed by atoms with van der Waals surface area (Å²) in [5.41, 5.74) is 2.77. The first-order chi connectivity index (χ1) is 10.6. The lowest BCUT2D eigenvalue weighted by Crippen LogP contribution is -2.11. The Bertz CT molecular complexity index is 905. The average molecular weight is 334 g/mol. The Morgan fingerprint density at radius 1 is 1.09 bits per heavy atom. The van der Waals surface area contributed by atoms with Crippen molar-refractivity contribution in [3.05, 3.63) is 50.4 Å². The van der Waals surface area contributed by atoms with Crippen LogP contribution in [-0.4, -0.2) is 15.2 Å². The fourth-order valence-electron chi connectivity index (χ4n) is 2.92. The van der Waals surface area contributed by atoms with E-state index in [4.69, 9.17) is 23.2 Å². The maximum atomic E-state index is 12.3. The molecule has 6 heteroatoms. The molecule has 0 atom stereocenters. The fraction of sp³-hybridized carbons (Fsp3) is 0.250. The zero-order valence-electron chi connectivity index (χ0n) is 11.6. The Morgan fingerprint density at radius 3 is 2.45 bits per heavy atom. The Kier molecular flexibility index (Phi) is 3.24. The smallest absolute Gasteiger partial charge is 0.257 e. The van der Waals surface area contributed by atoms with Gasteiger partial charge < -0.3 is 4.98 Å². The summed E-state index contributed by atoms with van der Waals surface area (Å²) < 4.78 is 0. The largest absolute Gasteiger partial charge is 0.305 e. The number of H-pyrrole nitrogens is 2. The molecule has 0 radical (unpaired) electrons. The second-order valence-corrected chi connectivity index (χ2v) is 6.57. The number of benzene rings is 1. The van der Waals surface area contributed by atoms with Gasteiger partial charge in [-0.05, 0) is 42.7 Å². The minimum Gasteiger partial charge on any atom is -0.305 e. The summed E-state index contributed by atoms with van der Waals surface area (Å²) >= 11 is 12.1. The molecule has 1 aromatic carbocycles. The minimum atomic E-state index is -0.197. The molecule has 22 heavy (non-hydrogen) atoms. The molecule has 2 N–H and O–H groups in total. The zero-order valence-corrected chi connectivity index (χ0v) is 13.1. The summed E-state index contributed by atoms with van der Waals surface area (Å²) in [6.07, 6.45) is 3.56. The summed E-state index contributed by atoms with van der Waals surface area (Å²) in [6.45, 7) is 0. The number of halogens is 2. The quantitative estimate of drug-likeness (QED) is 0.725. The Hall–Kier alpha value is -1.78. The molecule has 4 nitrogen and oxygen atoms in total. The van der Waals surface area contributed by atoms with Gasteiger partial charge in [-0.2, -0.15) is 5.10 Å². The number of hydrogen-bond acceptors (Lipinski definition) is 2. The van der Waals surface area contributed by atoms with Crippen LogP contribution < -0.4 is 5.56 Å². The molecule has 1 aliphatic carbocycles. The van der Waals surface area contributed by atoms with Crippen LogP contribution in [0.15, 0.2) is 29.1 Å². The van der Waals surface area contributed by atoms with Gasteiger partial charge >= 0.3 is 0 Å². The maximum absolute atomic E-state index is 12.3. The van der Waals surface area contributed by atoms with E-state index in [1.54, 1.807) is 18.2 Å². The predicted molar refractivity (Wildman–Crippen MR) is 88.8 cm³/mol. The van der Waals surface area contributed by atoms with Crippen molar-refractivity contribution in [1.29, 1.82) is 0 Å². The average Bonchev–Trinajstić information content (AvgIpc) is 2.77. The number of aromatic nitrogens is 3. The summed E-state index contributed by atoms with van der Waals surface area (Å²) in [6, 6.07) is 7.02. The van der Waals surface area contributed by atoms with Crippen LogP contribution in [0.4, 0.5) is 0 Å². The van der Waals surface area contributed by atoms with Gasteiger partial charge in [-0.15, -0.1) is 0 Å². The van der Waals surface area contributed by atoms with E-state index in [1.807, 2.05) is 6.07 Å². The lowest BCUT2D eigenvalue weighted by molar-refractivity contribution is 0.413. The highest BCUT2D eigenvalue weighted by Gasteiger charge is 2.24. The Morgan fingerprint density at radius 2 is 1.82 bits per heavy atom. The van der Waals surface area contributed by atoms with Gasteiger partial charge in [0.25, 0.3) is 5.56 Å². The number of pyridine rings is 1. The van der Waals surface area contributed by atoms with Crippen molar-refractivity contribution in [2.75, 3.05) is 0 Å². The van der Waals surface area contributed by atoms with Crippen LogP contribution in [0.2, 0.25) is 10.0 Å². The van der Waals surface area contributed by atoms with E-state index < -0.39 is 0 Å². The molecule has 1 saturated carbocycles. The molecule has 0 bridgehead atoms. The number of hydrogen-bond donors (Lipinski definition) is 2. The van der Waals surface area contributed by atoms with Gasteiger partial charge in [-0.3, -0.25) is 9.89 Å². The van der Waals surface area contributed by atoms with E-state index in [1.165, 1.54) is 6.42 Å². The third-order valence-corrected chi connectivity index (χ3v) is 4.72. The van der Waals surface area contributed by atoms with Gasteiger partial charge in [0.05, 0.1) is 0 Å². The van der Waals surface area contributed by atoms with Crippen LogP contribution in [0.5, 0.6) is 0 Å². The van der Waals surface area contributed by atoms with E-state index in [0.717, 1.165) is 23.9 Å². The van der Waals surface area contributed by atoms with E-state index >= 15 is 0 Å². The number of aromatic amines is 2. The van der Waals surface area contributed by atoms with Crippen molar-refractivity contribution < 1.29 is 0 Å². The second-order valence-electron chi connectivity index (χ2n) is 5.70. The van der Waals surface area contributed by atoms with Gasteiger partial charge in [-0.1, -0.05) is 29.6 Å². The molecule has 0 unspecified atom stereocenters. The molecule has 0 saturated heterocycles. The van der Waals surface area contributed by atoms with Crippen molar-refractivity contribution in [3.8, 4) is 11.1 Å². The molecule has 112 valence electrons. The number of rotatable bonds is 2. The summed E-state index contributed by atoms with van der Waals surface area (Å²) in [4.78, 5) is 15.2. The maximum Gasteiger partial charge on any atom is 0.257 e. The molecular weight excluding hydrogens is 321 g/mol. The van der Waals surface area contributed by atoms with Crippen LogP contribution in [-0.2, 0) is 0 Å². The molecule has 0 amide bonds. The third-order valence-electron chi connectivity index (χ3n) is 4.29. The van der Waals surface area contributed by atoms with Gasteiger partial charge in [0.1, 0.15) is 0 Å². The Labute approximate surface area is 136 Å². The number of fused-ring (bicyclic) bond motifs is 1. The highest BCUT2D eigenvalue weighted by molar-refractivity contribution is 6.35. The van der Waals surface area contributed by atoms with Crippen LogP contribution in [0.25, 0.3) is 22.2 Å². The molecule has 1 aliphatic rings. The molecule has 2 aromatic heterocycles. The molecule has 0 aliphatic heterocycles. The van der Waals surface area contributed by atoms with E-state index in [9.17, 15) is 4.79 Å². The van der Waals surface area contributed by atoms with E-state index in [2.05, 4.69) is 15.2 Å². The lowest BCUT2D eigenvalue weighted by atomic mass is 9.82. The van der Waals surface area contributed by atoms with Gasteiger partial charge in [0.2, 0.25) is 0 Å². The molecule has 2 heterocycles. The van der Waals surface area contributed by atoms with Crippen LogP contribution in [0, 0.1) is 0 Å². The van der Waals surface area contributed by atoms with E-state index in [-0.39, 0.29) is 5.56 Å². The monoisotopic (exact) mass is 333 g/mol. The topological polar surface area (TPSA) is 61.5 Å². The first-order valence-electron chi connectivity index (χ1n) is 7.19. The SMILES string of the molecule is O=c1[nH]c2n[nH]c(C3CCC3)c2cc1-c1cc(Cl)cc(Cl)c1. The van der Waals surface area contributed by atoms with Gasteiger partial charge in [0, 0.05) is 32.6 Å². The van der Waals surface area contributed by atoms with Crippen molar-refractivity contribution >= 4 is 34.2 Å². The summed E-state index contributed by atoms with van der Waals surface area (Å²) in [5.74, 6) is 0.506. The van der Waals surface area contributed by atoms with Crippen LogP contribution in [0.1, 0.15) is 30.9 Å². The predicted octanol–water partition coefficient (Wildman–Crippen LogP) is 4.49. The zero-order chi connectivity index (χ0) is 15.3. The van der Waals surface area contributed by atoms with Gasteiger partial charge in [0.15, 0.2) is 5.65 Å². The molecule has 4 rings (SSSR count). The summed E-state index contributed by atoms with van der Waals surface area (Å²) in [7, 11) is 0. The van der Waals surface area contributed by atoms with Crippen molar-refractivity contribution in [1.82, 2.24) is 15.2 Å². The second kappa shape index (κ2) is 5.14. The first kappa shape index (κ1) is 13.9. The normalized spacial score (nSPS) is 15.2.